The van der Waals surface area contributed by atoms with Crippen LogP contribution in [0.15, 0.2) is 60.7 Å². The first-order valence-electron chi connectivity index (χ1n) is 15.4. The molecule has 0 aliphatic carbocycles. The Morgan fingerprint density at radius 1 is 0.809 bits per heavy atom. The van der Waals surface area contributed by atoms with E-state index in [0.29, 0.717) is 74.3 Å². The minimum absolute atomic E-state index is 0.177. The number of halogens is 3. The summed E-state index contributed by atoms with van der Waals surface area (Å²) in [6, 6.07) is 17.4. The monoisotopic (exact) mass is 666 g/mol. The van der Waals surface area contributed by atoms with Crippen LogP contribution in [0.5, 0.6) is 5.88 Å². The molecule has 11 nitrogen and oxygen atoms in total. The minimum Gasteiger partial charge on any atom is -0.477 e. The van der Waals surface area contributed by atoms with Crippen LogP contribution >= 0.6 is 11.6 Å². The molecule has 6 rings (SSSR count). The van der Waals surface area contributed by atoms with E-state index >= 15 is 0 Å². The Labute approximate surface area is 276 Å². The fourth-order valence-electron chi connectivity index (χ4n) is 4.99. The average Bonchev–Trinajstić information content (AvgIpc) is 3.42. The van der Waals surface area contributed by atoms with E-state index < -0.39 is 11.3 Å². The largest absolute Gasteiger partial charge is 0.477 e. The van der Waals surface area contributed by atoms with E-state index in [1.165, 1.54) is 0 Å². The van der Waals surface area contributed by atoms with Crippen molar-refractivity contribution in [3.63, 3.8) is 0 Å². The number of H-pyrrole nitrogens is 1. The van der Waals surface area contributed by atoms with Crippen LogP contribution in [0.1, 0.15) is 51.6 Å². The molecule has 0 bridgehead atoms. The molecule has 2 aromatic carbocycles. The molecule has 0 unspecified atom stereocenters. The van der Waals surface area contributed by atoms with Gasteiger partial charge in [-0.3, -0.25) is 14.7 Å². The van der Waals surface area contributed by atoms with Crippen LogP contribution < -0.4 is 26.0 Å². The van der Waals surface area contributed by atoms with Gasteiger partial charge in [0.15, 0.2) is 11.4 Å². The van der Waals surface area contributed by atoms with Crippen LogP contribution in [-0.4, -0.2) is 76.3 Å². The molecule has 47 heavy (non-hydrogen) atoms. The number of alkyl halides is 2. The summed E-state index contributed by atoms with van der Waals surface area (Å²) in [6.45, 7) is 5.83. The first kappa shape index (κ1) is 33.9. The Kier molecular flexibility index (Phi) is 10.8. The lowest BCUT2D eigenvalue weighted by atomic mass is 9.91. The van der Waals surface area contributed by atoms with Gasteiger partial charge in [0.1, 0.15) is 11.3 Å². The number of carbonyl (C=O) groups is 2. The third kappa shape index (κ3) is 8.88. The van der Waals surface area contributed by atoms with Gasteiger partial charge in [-0.05, 0) is 54.8 Å². The summed E-state index contributed by atoms with van der Waals surface area (Å²) in [6.07, 6.45) is 1.42. The Bertz CT molecular complexity index is 1660. The number of nitrogens with zero attached hydrogens (tertiary/aromatic N) is 3. The van der Waals surface area contributed by atoms with Crippen LogP contribution in [0.25, 0.3) is 0 Å². The van der Waals surface area contributed by atoms with Crippen LogP contribution in [0, 0.1) is 0 Å². The quantitative estimate of drug-likeness (QED) is 0.155. The average molecular weight is 667 g/mol. The van der Waals surface area contributed by atoms with Gasteiger partial charge in [0.05, 0.1) is 17.3 Å². The van der Waals surface area contributed by atoms with Gasteiger partial charge in [-0.1, -0.05) is 42.8 Å². The van der Waals surface area contributed by atoms with E-state index in [1.807, 2.05) is 38.1 Å². The van der Waals surface area contributed by atoms with Crippen molar-refractivity contribution in [2.24, 2.45) is 0 Å². The highest BCUT2D eigenvalue weighted by atomic mass is 35.5. The topological polar surface area (TPSA) is 146 Å². The Morgan fingerprint density at radius 3 is 1.74 bits per heavy atom. The van der Waals surface area contributed by atoms with Gasteiger partial charge >= 0.3 is 0 Å². The van der Waals surface area contributed by atoms with Gasteiger partial charge in [0, 0.05) is 56.5 Å². The molecule has 0 radical (unpaired) electrons. The molecular formula is C33H37ClF2N8O3. The van der Waals surface area contributed by atoms with E-state index in [2.05, 4.69) is 41.7 Å². The molecule has 5 N–H and O–H groups in total. The van der Waals surface area contributed by atoms with Crippen molar-refractivity contribution in [2.75, 3.05) is 43.4 Å². The standard InChI is InChI=1S/C17H19FN4O2.C16H18ClFN4O/c1-2-24-15-8-7-14(21-22-15)16(23)20-13-5-3-12(4-6-13)9-17(18)10-19-11-17;1-2-12-13(17)14(22-21-12)15(23)20-11-5-3-10(4-6-11)7-16(18)8-19-9-16/h3-8,19H,2,9-11H2,1H3,(H,20,23);3-6,19H,2,7-9H2,1H3,(H,20,23)(H,21,22). The number of carbonyl (C=O) groups excluding carboxylic acids is 2. The number of aromatic amines is 1. The summed E-state index contributed by atoms with van der Waals surface area (Å²) in [4.78, 5) is 24.3. The maximum atomic E-state index is 14.1. The molecule has 14 heteroatoms. The molecule has 0 saturated carbocycles. The maximum absolute atomic E-state index is 14.1. The summed E-state index contributed by atoms with van der Waals surface area (Å²) in [5, 5.41) is 26.0. The van der Waals surface area contributed by atoms with Crippen molar-refractivity contribution < 1.29 is 23.1 Å². The zero-order chi connectivity index (χ0) is 33.4. The van der Waals surface area contributed by atoms with Crippen molar-refractivity contribution in [1.82, 2.24) is 31.0 Å². The highest BCUT2D eigenvalue weighted by Crippen LogP contribution is 2.25. The molecule has 0 atom stereocenters. The number of nitrogens with one attached hydrogen (secondary N) is 5. The molecule has 2 aromatic heterocycles. The lowest BCUT2D eigenvalue weighted by molar-refractivity contribution is 0.0909. The Morgan fingerprint density at radius 2 is 1.34 bits per heavy atom. The van der Waals surface area contributed by atoms with Gasteiger partial charge < -0.3 is 26.0 Å². The number of aryl methyl sites for hydroxylation is 1. The van der Waals surface area contributed by atoms with Crippen molar-refractivity contribution in [1.29, 1.82) is 0 Å². The third-order valence-corrected chi connectivity index (χ3v) is 8.15. The summed E-state index contributed by atoms with van der Waals surface area (Å²) in [5.41, 5.74) is 1.86. The van der Waals surface area contributed by atoms with Crippen LogP contribution in [0.3, 0.4) is 0 Å². The normalized spacial score (nSPS) is 15.7. The zero-order valence-corrected chi connectivity index (χ0v) is 26.9. The van der Waals surface area contributed by atoms with Gasteiger partial charge in [-0.15, -0.1) is 10.2 Å². The number of benzene rings is 2. The molecule has 2 fully saturated rings. The summed E-state index contributed by atoms with van der Waals surface area (Å²) in [5.74, 6) is -0.351. The van der Waals surface area contributed by atoms with Crippen molar-refractivity contribution >= 4 is 34.8 Å². The van der Waals surface area contributed by atoms with Crippen molar-refractivity contribution in [3.8, 4) is 5.88 Å². The summed E-state index contributed by atoms with van der Waals surface area (Å²) < 4.78 is 33.3. The first-order valence-corrected chi connectivity index (χ1v) is 15.8. The second-order valence-electron chi connectivity index (χ2n) is 11.6. The zero-order valence-electron chi connectivity index (χ0n) is 26.1. The number of hydrogen-bond donors (Lipinski definition) is 5. The van der Waals surface area contributed by atoms with E-state index in [0.717, 1.165) is 16.8 Å². The number of aromatic nitrogens is 4. The van der Waals surface area contributed by atoms with Gasteiger partial charge in [0.2, 0.25) is 5.88 Å². The van der Waals surface area contributed by atoms with E-state index in [1.54, 1.807) is 36.4 Å². The molecule has 2 aliphatic rings. The maximum Gasteiger partial charge on any atom is 0.277 e. The molecule has 2 saturated heterocycles. The van der Waals surface area contributed by atoms with E-state index in [-0.39, 0.29) is 23.2 Å². The molecule has 248 valence electrons. The second kappa shape index (κ2) is 15.0. The number of anilines is 2. The van der Waals surface area contributed by atoms with Crippen LogP contribution in [-0.2, 0) is 19.3 Å². The van der Waals surface area contributed by atoms with Crippen molar-refractivity contribution in [2.45, 2.75) is 44.4 Å². The Hall–Kier alpha value is -4.46. The second-order valence-corrected chi connectivity index (χ2v) is 12.0. The predicted molar refractivity (Wildman–Crippen MR) is 176 cm³/mol. The third-order valence-electron chi connectivity index (χ3n) is 7.74. The fraction of sp³-hybridized carbons (Fsp3) is 0.364. The molecule has 4 heterocycles. The molecule has 4 aromatic rings. The van der Waals surface area contributed by atoms with Crippen LogP contribution in [0.4, 0.5) is 20.2 Å². The lowest BCUT2D eigenvalue weighted by Crippen LogP contribution is -2.57. The highest BCUT2D eigenvalue weighted by molar-refractivity contribution is 6.34. The first-order chi connectivity index (χ1) is 22.6. The Balaban J connectivity index is 0.000000185. The lowest BCUT2D eigenvalue weighted by Gasteiger charge is -2.35. The van der Waals surface area contributed by atoms with E-state index in [9.17, 15) is 18.4 Å². The van der Waals surface area contributed by atoms with Gasteiger partial charge in [-0.2, -0.15) is 5.10 Å². The number of hydrogen-bond acceptors (Lipinski definition) is 8. The molecule has 2 aliphatic heterocycles. The molecular weight excluding hydrogens is 630 g/mol. The number of rotatable bonds is 11. The number of ether oxygens (including phenoxy) is 1. The summed E-state index contributed by atoms with van der Waals surface area (Å²) >= 11 is 6.10. The SMILES string of the molecule is CCOc1ccc(C(=O)Nc2ccc(CC3(F)CNC3)cc2)nn1.CCc1[nH]nc(C(=O)Nc2ccc(CC3(F)CNC3)cc2)c1Cl. The van der Waals surface area contributed by atoms with Crippen molar-refractivity contribution in [3.05, 3.63) is 93.9 Å². The molecule has 0 spiro atoms. The minimum atomic E-state index is -1.15. The van der Waals surface area contributed by atoms with E-state index in [4.69, 9.17) is 16.3 Å². The highest BCUT2D eigenvalue weighted by Gasteiger charge is 2.37. The predicted octanol–water partition coefficient (Wildman–Crippen LogP) is 4.71. The molecule has 2 amide bonds. The van der Waals surface area contributed by atoms with Gasteiger partial charge in [0.25, 0.3) is 11.8 Å². The van der Waals surface area contributed by atoms with Crippen LogP contribution in [0.2, 0.25) is 5.02 Å². The number of amides is 2. The fourth-order valence-corrected chi connectivity index (χ4v) is 5.29. The summed E-state index contributed by atoms with van der Waals surface area (Å²) in [7, 11) is 0. The smallest absolute Gasteiger partial charge is 0.277 e. The van der Waals surface area contributed by atoms with Gasteiger partial charge in [-0.25, -0.2) is 8.78 Å².